The van der Waals surface area contributed by atoms with Crippen molar-refractivity contribution < 1.29 is 19.5 Å². The molecular weight excluding hydrogens is 1560 g/mol. The quantitative estimate of drug-likeness (QED) is 0.0915. The number of benzene rings is 6. The number of amidine groups is 3. The van der Waals surface area contributed by atoms with Crippen molar-refractivity contribution in [3.63, 3.8) is 0 Å². The number of thioether (sulfide) groups is 3. The van der Waals surface area contributed by atoms with Gasteiger partial charge in [0.15, 0.2) is 15.5 Å². The second kappa shape index (κ2) is 34.2. The van der Waals surface area contributed by atoms with Gasteiger partial charge in [0.1, 0.15) is 31.3 Å². The van der Waals surface area contributed by atoms with Crippen molar-refractivity contribution in [2.24, 2.45) is 32.7 Å². The van der Waals surface area contributed by atoms with Crippen LogP contribution < -0.4 is 16.0 Å². The molecule has 6 aromatic carbocycles. The molecule has 584 valence electrons. The molecule has 9 heterocycles. The molecule has 9 aliphatic heterocycles. The molecule has 15 rings (SSSR count). The Morgan fingerprint density at radius 3 is 0.982 bits per heavy atom. The molecule has 12 atom stereocenters. The van der Waals surface area contributed by atoms with Crippen LogP contribution >= 0.6 is 105 Å². The van der Waals surface area contributed by atoms with Crippen molar-refractivity contribution in [3.8, 4) is 0 Å². The second-order valence-electron chi connectivity index (χ2n) is 31.7. The fourth-order valence-corrected chi connectivity index (χ4v) is 21.0. The first-order valence-corrected chi connectivity index (χ1v) is 42.6. The van der Waals surface area contributed by atoms with Gasteiger partial charge in [-0.15, -0.1) is 0 Å². The highest BCUT2D eigenvalue weighted by Crippen LogP contribution is 2.60. The van der Waals surface area contributed by atoms with Gasteiger partial charge < -0.3 is 45.6 Å². The van der Waals surface area contributed by atoms with Gasteiger partial charge in [-0.2, -0.15) is 0 Å². The number of carboxylic acids is 1. The lowest BCUT2D eigenvalue weighted by Crippen LogP contribution is -2.56. The third-order valence-corrected chi connectivity index (χ3v) is 26.9. The average molecular weight is 1660 g/mol. The average Bonchev–Trinajstić information content (AvgIpc) is 1.57. The van der Waals surface area contributed by atoms with Crippen LogP contribution in [-0.2, 0) is 31.0 Å². The summed E-state index contributed by atoms with van der Waals surface area (Å²) >= 11 is 41.5. The molecule has 0 saturated carbocycles. The number of carbonyl (C=O) groups excluding carboxylic acids is 2. The fourth-order valence-electron chi connectivity index (χ4n) is 16.2. The number of hydrogen-bond donors (Lipinski definition) is 4. The minimum Gasteiger partial charge on any atom is -0.477 e. The number of hydrogen-bond acceptors (Lipinski definition) is 16. The zero-order valence-corrected chi connectivity index (χ0v) is 72.2. The number of nitrogens with zero attached hydrogens (tertiary/aromatic N) is 9. The first-order chi connectivity index (χ1) is 52.1. The van der Waals surface area contributed by atoms with Crippen LogP contribution in [0.2, 0.25) is 30.1 Å². The number of amides is 2. The summed E-state index contributed by atoms with van der Waals surface area (Å²) in [5.41, 5.74) is 7.56. The first-order valence-electron chi connectivity index (χ1n) is 37.9. The Bertz CT molecular complexity index is 4590. The maximum Gasteiger partial charge on any atom is 0.344 e. The van der Waals surface area contributed by atoms with Gasteiger partial charge in [0, 0.05) is 123 Å². The normalized spacial score (nSPS) is 27.8. The van der Waals surface area contributed by atoms with Crippen molar-refractivity contribution >= 4 is 138 Å². The van der Waals surface area contributed by atoms with Crippen LogP contribution in [0, 0.1) is 17.8 Å². The molecule has 0 bridgehead atoms. The number of fused-ring (bicyclic) bond motifs is 3. The Kier molecular flexibility index (Phi) is 25.9. The summed E-state index contributed by atoms with van der Waals surface area (Å²) in [6.07, 6.45) is 0. The monoisotopic (exact) mass is 1660 g/mol. The molecular formula is C85H100Cl6N12O4S3. The Morgan fingerprint density at radius 2 is 0.682 bits per heavy atom. The van der Waals surface area contributed by atoms with E-state index < -0.39 is 22.6 Å². The Morgan fingerprint density at radius 1 is 0.400 bits per heavy atom. The van der Waals surface area contributed by atoms with E-state index in [4.69, 9.17) is 84.6 Å². The van der Waals surface area contributed by atoms with Crippen LogP contribution in [-0.4, -0.2) is 150 Å². The Hall–Kier alpha value is -6.01. The van der Waals surface area contributed by atoms with Gasteiger partial charge >= 0.3 is 5.97 Å². The largest absolute Gasteiger partial charge is 0.477 e. The smallest absolute Gasteiger partial charge is 0.344 e. The van der Waals surface area contributed by atoms with Crippen molar-refractivity contribution in [2.75, 3.05) is 46.3 Å². The van der Waals surface area contributed by atoms with E-state index in [1.54, 1.807) is 0 Å². The van der Waals surface area contributed by atoms with E-state index in [-0.39, 0.29) is 65.8 Å². The standard InChI is InChI=1S/C29H34Cl2N4OS.C28H32Cl2N4OS.C22H20Cl2N2O2S.C6H14N2/c1-17(2)24-25(27(36)34-16-18(3)33(6)15-19(34)4)37-28-32-29(5,21-9-13-23(31)14-10-21)26(35(24)28)20-7-11-22(30)12-8-20;1-16(2)23-24(26(35)33-15-17(3)31-14-18(33)4)36-27-32-28(5,20-8-12-22(30)13-9-20)25(34(23)27)19-6-10-21(29)11-7-19;1-12(2)17-18(20(27)28)29-21-25-22(3,14-6-10-16(24)11-7-14)19(26(17)21)13-4-8-15(23)9-5-13;1-5-3-8-6(2)4-7-5/h7-14,17-19,26H,15-16H2,1-6H3;6-13,16-18,25,31H,14-15H2,1-5H3;4-12,19H,1-3H3,(H,27,28);5-8H,3-4H2,1-2H3/t18-,19-,26+,29-;17-,18-,25+,28-;19-,22+;5-,6-/m0010/s1. The predicted molar refractivity (Wildman–Crippen MR) is 460 cm³/mol. The van der Waals surface area contributed by atoms with E-state index in [2.05, 4.69) is 181 Å². The van der Waals surface area contributed by atoms with Crippen LogP contribution in [0.25, 0.3) is 0 Å². The number of allylic oxidation sites excluding steroid dienone is 3. The number of halogens is 6. The molecule has 25 heteroatoms. The molecule has 110 heavy (non-hydrogen) atoms. The molecule has 3 saturated heterocycles. The minimum absolute atomic E-state index is 0.0312. The van der Waals surface area contributed by atoms with Crippen molar-refractivity contribution in [1.29, 1.82) is 0 Å². The lowest BCUT2D eigenvalue weighted by molar-refractivity contribution is -0.132. The fraction of sp³-hybridized carbons (Fsp3) is 0.435. The van der Waals surface area contributed by atoms with E-state index >= 15 is 0 Å². The number of carbonyl (C=O) groups is 3. The molecule has 9 aliphatic rings. The summed E-state index contributed by atoms with van der Waals surface area (Å²) in [5, 5.41) is 26.5. The number of aliphatic carboxylic acids is 1. The molecule has 0 aliphatic carbocycles. The van der Waals surface area contributed by atoms with Gasteiger partial charge in [0.25, 0.3) is 11.8 Å². The van der Waals surface area contributed by atoms with Crippen LogP contribution in [0.1, 0.15) is 155 Å². The lowest BCUT2D eigenvalue weighted by atomic mass is 9.81. The number of likely N-dealkylation sites (N-methyl/N-ethyl adjacent to an activating group) is 1. The van der Waals surface area contributed by atoms with E-state index in [0.717, 1.165) is 103 Å². The summed E-state index contributed by atoms with van der Waals surface area (Å²) < 4.78 is 0. The molecule has 16 nitrogen and oxygen atoms in total. The Labute approximate surface area is 692 Å². The number of aliphatic imine (C=N–C) groups is 3. The Balaban J connectivity index is 0.000000147. The zero-order valence-electron chi connectivity index (χ0n) is 65.2. The van der Waals surface area contributed by atoms with Crippen molar-refractivity contribution in [3.05, 3.63) is 241 Å². The maximum atomic E-state index is 14.1. The van der Waals surface area contributed by atoms with Gasteiger partial charge in [-0.1, -0.05) is 184 Å². The highest BCUT2D eigenvalue weighted by molar-refractivity contribution is 8.18. The molecule has 3 fully saturated rings. The predicted octanol–water partition coefficient (Wildman–Crippen LogP) is 19.5. The van der Waals surface area contributed by atoms with Gasteiger partial charge in [0.05, 0.1) is 18.1 Å². The van der Waals surface area contributed by atoms with E-state index in [0.29, 0.717) is 64.9 Å². The summed E-state index contributed by atoms with van der Waals surface area (Å²) in [4.78, 5) is 70.7. The van der Waals surface area contributed by atoms with E-state index in [1.165, 1.54) is 35.3 Å². The molecule has 0 aromatic heterocycles. The molecule has 0 radical (unpaired) electrons. The molecule has 4 N–H and O–H groups in total. The van der Waals surface area contributed by atoms with Gasteiger partial charge in [0.2, 0.25) is 0 Å². The third kappa shape index (κ3) is 16.9. The van der Waals surface area contributed by atoms with Crippen LogP contribution in [0.4, 0.5) is 0 Å². The van der Waals surface area contributed by atoms with Crippen LogP contribution in [0.5, 0.6) is 0 Å². The maximum absolute atomic E-state index is 14.1. The molecule has 0 spiro atoms. The van der Waals surface area contributed by atoms with E-state index in [9.17, 15) is 19.5 Å². The van der Waals surface area contributed by atoms with E-state index in [1.807, 2.05) is 121 Å². The molecule has 2 amide bonds. The highest BCUT2D eigenvalue weighted by Gasteiger charge is 2.57. The lowest BCUT2D eigenvalue weighted by Gasteiger charge is -2.42. The van der Waals surface area contributed by atoms with Crippen molar-refractivity contribution in [2.45, 2.75) is 175 Å². The number of rotatable bonds is 12. The number of piperazine rings is 3. The van der Waals surface area contributed by atoms with Crippen LogP contribution in [0.15, 0.2) is 192 Å². The highest BCUT2D eigenvalue weighted by atomic mass is 35.5. The topological polar surface area (TPSA) is 164 Å². The SMILES string of the molecule is CC(C)C1=C(C(=O)N2C[C@H](C)N(C)C[C@@H]2C)SC2=N[C@@](C)(c3ccc(Cl)cc3)[C@@H](c3ccc(Cl)cc3)N21.CC(C)C1=C(C(=O)N2C[C@H](C)NC[C@@H]2C)SC2=N[C@@](C)(c3ccc(Cl)cc3)[C@@H](c3ccc(Cl)cc3)N21.CC(C)C1=C(C(=O)O)SC2=N[C@@](C)(c3ccc(Cl)cc3)[C@@H](c3ccc(Cl)cc3)N21.C[C@H]1CN[C@@H](C)CN1. The summed E-state index contributed by atoms with van der Waals surface area (Å²) in [5.74, 6) is -0.391. The number of carboxylic acid groups (broad SMARTS) is 1. The number of nitrogens with one attached hydrogen (secondary N) is 3. The summed E-state index contributed by atoms with van der Waals surface area (Å²) in [6.45, 7) is 37.4. The minimum atomic E-state index is -0.918. The zero-order chi connectivity index (χ0) is 79.3. The van der Waals surface area contributed by atoms with Gasteiger partial charge in [-0.05, 0) is 229 Å². The molecule has 6 aromatic rings. The van der Waals surface area contributed by atoms with Crippen molar-refractivity contribution in [1.82, 2.24) is 45.3 Å². The molecule has 0 unspecified atom stereocenters. The van der Waals surface area contributed by atoms with Gasteiger partial charge in [-0.3, -0.25) is 14.5 Å². The second-order valence-corrected chi connectivity index (χ2v) is 37.2. The summed E-state index contributed by atoms with van der Waals surface area (Å²) in [7, 11) is 2.13. The first kappa shape index (κ1) is 83.4. The van der Waals surface area contributed by atoms with Gasteiger partial charge in [-0.25, -0.2) is 19.8 Å². The third-order valence-electron chi connectivity index (χ3n) is 22.2. The summed E-state index contributed by atoms with van der Waals surface area (Å²) in [6, 6.07) is 49.0. The van der Waals surface area contributed by atoms with Crippen LogP contribution in [0.3, 0.4) is 0 Å².